The summed E-state index contributed by atoms with van der Waals surface area (Å²) < 4.78 is 27.3. The molecule has 24 heavy (non-hydrogen) atoms. The molecule has 0 bridgehead atoms. The number of sulfone groups is 1. The van der Waals surface area contributed by atoms with Crippen molar-refractivity contribution in [3.8, 4) is 0 Å². The Morgan fingerprint density at radius 3 is 2.71 bits per heavy atom. The zero-order valence-corrected chi connectivity index (χ0v) is 15.7. The number of nitrogens with one attached hydrogen (secondary N) is 2. The molecule has 1 rings (SSSR count). The molecule has 9 heteroatoms. The van der Waals surface area contributed by atoms with E-state index in [1.54, 1.807) is 0 Å². The van der Waals surface area contributed by atoms with E-state index in [1.807, 2.05) is 18.7 Å². The fraction of sp³-hybridized carbons (Fsp3) is 0.867. The molecule has 1 heterocycles. The molecule has 2 N–H and O–H groups in total. The van der Waals surface area contributed by atoms with E-state index < -0.39 is 9.84 Å². The van der Waals surface area contributed by atoms with Crippen LogP contribution in [-0.4, -0.2) is 82.6 Å². The lowest BCUT2D eigenvalue weighted by Crippen LogP contribution is -2.45. The normalized spacial score (nSPS) is 18.7. The Labute approximate surface area is 144 Å². The fourth-order valence-electron chi connectivity index (χ4n) is 2.38. The van der Waals surface area contributed by atoms with Gasteiger partial charge in [-0.1, -0.05) is 6.92 Å². The van der Waals surface area contributed by atoms with Crippen molar-refractivity contribution in [2.75, 3.05) is 51.4 Å². The molecule has 0 aromatic rings. The van der Waals surface area contributed by atoms with Crippen molar-refractivity contribution in [3.05, 3.63) is 0 Å². The van der Waals surface area contributed by atoms with Crippen molar-refractivity contribution in [2.45, 2.75) is 32.7 Å². The number of hydrogen-bond donors (Lipinski definition) is 2. The maximum atomic E-state index is 11.7. The van der Waals surface area contributed by atoms with Crippen molar-refractivity contribution in [1.29, 1.82) is 0 Å². The summed E-state index contributed by atoms with van der Waals surface area (Å²) in [7, 11) is -2.98. The number of likely N-dealkylation sites (tertiary alicyclic amines) is 1. The van der Waals surface area contributed by atoms with Crippen molar-refractivity contribution in [2.24, 2.45) is 4.99 Å². The molecule has 0 aromatic carbocycles. The van der Waals surface area contributed by atoms with Crippen LogP contribution in [0.1, 0.15) is 26.7 Å². The molecule has 1 aliphatic heterocycles. The summed E-state index contributed by atoms with van der Waals surface area (Å²) in [4.78, 5) is 18.0. The Kier molecular flexibility index (Phi) is 9.05. The summed E-state index contributed by atoms with van der Waals surface area (Å²) in [6.45, 7) is 7.08. The van der Waals surface area contributed by atoms with E-state index in [1.165, 1.54) is 6.26 Å². The highest BCUT2D eigenvalue weighted by molar-refractivity contribution is 7.90. The highest BCUT2D eigenvalue weighted by atomic mass is 32.2. The molecule has 0 radical (unpaired) electrons. The first-order valence-electron chi connectivity index (χ1n) is 8.43. The summed E-state index contributed by atoms with van der Waals surface area (Å²) in [6.07, 6.45) is 2.63. The Bertz CT molecular complexity index is 522. The van der Waals surface area contributed by atoms with Crippen LogP contribution in [0.5, 0.6) is 0 Å². The number of hydrogen-bond acceptors (Lipinski definition) is 5. The summed E-state index contributed by atoms with van der Waals surface area (Å²) in [5.41, 5.74) is 0. The number of amides is 1. The first-order chi connectivity index (χ1) is 11.4. The van der Waals surface area contributed by atoms with Gasteiger partial charge < -0.3 is 20.3 Å². The highest BCUT2D eigenvalue weighted by Gasteiger charge is 2.25. The average molecular weight is 362 g/mol. The van der Waals surface area contributed by atoms with Gasteiger partial charge in [0.05, 0.1) is 25.5 Å². The van der Waals surface area contributed by atoms with Crippen LogP contribution in [-0.2, 0) is 19.4 Å². The zero-order valence-electron chi connectivity index (χ0n) is 14.9. The number of carbonyl (C=O) groups is 1. The lowest BCUT2D eigenvalue weighted by atomic mass is 10.3. The van der Waals surface area contributed by atoms with Crippen molar-refractivity contribution >= 4 is 21.7 Å². The van der Waals surface area contributed by atoms with Gasteiger partial charge in [-0.2, -0.15) is 0 Å². The topological polar surface area (TPSA) is 100 Å². The molecule has 1 saturated heterocycles. The van der Waals surface area contributed by atoms with Gasteiger partial charge in [-0.3, -0.25) is 9.79 Å². The molecular formula is C15H30N4O4S. The van der Waals surface area contributed by atoms with Crippen molar-refractivity contribution in [1.82, 2.24) is 15.5 Å². The number of aliphatic imine (C=N–C) groups is 1. The van der Waals surface area contributed by atoms with E-state index >= 15 is 0 Å². The lowest BCUT2D eigenvalue weighted by Gasteiger charge is -2.18. The molecule has 0 spiro atoms. The van der Waals surface area contributed by atoms with Gasteiger partial charge in [-0.05, 0) is 13.3 Å². The van der Waals surface area contributed by atoms with Crippen LogP contribution in [0.4, 0.5) is 0 Å². The summed E-state index contributed by atoms with van der Waals surface area (Å²) in [6, 6.07) is 0.199. The van der Waals surface area contributed by atoms with Gasteiger partial charge in [0, 0.05) is 38.4 Å². The van der Waals surface area contributed by atoms with E-state index in [9.17, 15) is 13.2 Å². The van der Waals surface area contributed by atoms with Gasteiger partial charge in [0.15, 0.2) is 5.96 Å². The molecule has 0 saturated carbocycles. The minimum atomic E-state index is -2.98. The second kappa shape index (κ2) is 10.5. The molecule has 1 fully saturated rings. The van der Waals surface area contributed by atoms with Gasteiger partial charge in [-0.15, -0.1) is 0 Å². The van der Waals surface area contributed by atoms with Crippen LogP contribution in [0.2, 0.25) is 0 Å². The van der Waals surface area contributed by atoms with Gasteiger partial charge >= 0.3 is 0 Å². The van der Waals surface area contributed by atoms with Crippen LogP contribution in [0, 0.1) is 0 Å². The number of nitrogens with zero attached hydrogens (tertiary/aromatic N) is 2. The van der Waals surface area contributed by atoms with Gasteiger partial charge in [-0.25, -0.2) is 8.42 Å². The number of guanidine groups is 1. The summed E-state index contributed by atoms with van der Waals surface area (Å²) in [5, 5.41) is 6.50. The highest BCUT2D eigenvalue weighted by Crippen LogP contribution is 2.10. The van der Waals surface area contributed by atoms with E-state index in [0.717, 1.165) is 19.5 Å². The molecule has 140 valence electrons. The van der Waals surface area contributed by atoms with E-state index in [-0.39, 0.29) is 24.3 Å². The Balaban J connectivity index is 2.34. The van der Waals surface area contributed by atoms with Crippen LogP contribution in [0.3, 0.4) is 0 Å². The van der Waals surface area contributed by atoms with Gasteiger partial charge in [0.2, 0.25) is 5.91 Å². The Morgan fingerprint density at radius 1 is 1.33 bits per heavy atom. The monoisotopic (exact) mass is 362 g/mol. The average Bonchev–Trinajstić information content (AvgIpc) is 2.97. The number of rotatable bonds is 9. The van der Waals surface area contributed by atoms with E-state index in [4.69, 9.17) is 4.74 Å². The van der Waals surface area contributed by atoms with Crippen molar-refractivity contribution in [3.63, 3.8) is 0 Å². The molecule has 1 aliphatic rings. The fourth-order valence-corrected chi connectivity index (χ4v) is 2.80. The third-order valence-electron chi connectivity index (χ3n) is 3.63. The zero-order chi connectivity index (χ0) is 18.0. The van der Waals surface area contributed by atoms with E-state index in [0.29, 0.717) is 32.1 Å². The molecular weight excluding hydrogens is 332 g/mol. The predicted octanol–water partition coefficient (Wildman–Crippen LogP) is -0.386. The quantitative estimate of drug-likeness (QED) is 0.329. The molecule has 0 aromatic heterocycles. The summed E-state index contributed by atoms with van der Waals surface area (Å²) >= 11 is 0. The molecule has 1 unspecified atom stereocenters. The van der Waals surface area contributed by atoms with Crippen LogP contribution >= 0.6 is 0 Å². The number of ether oxygens (including phenoxy) is 1. The largest absolute Gasteiger partial charge is 0.378 e. The minimum Gasteiger partial charge on any atom is -0.378 e. The van der Waals surface area contributed by atoms with E-state index in [2.05, 4.69) is 15.6 Å². The standard InChI is InChI=1S/C15H30N4O4S/c1-4-14(20)19-8-6-13(12-19)18-15(16-5-2)17-7-9-23-10-11-24(3,21)22/h13H,4-12H2,1-3H3,(H2,16,17,18). The third-order valence-corrected chi connectivity index (χ3v) is 4.54. The van der Waals surface area contributed by atoms with Crippen molar-refractivity contribution < 1.29 is 17.9 Å². The maximum absolute atomic E-state index is 11.7. The molecule has 0 aliphatic carbocycles. The SMILES string of the molecule is CCNC(=NCCOCCS(C)(=O)=O)NC1CCN(C(=O)CC)C1. The third kappa shape index (κ3) is 8.49. The van der Waals surface area contributed by atoms with Crippen LogP contribution < -0.4 is 10.6 Å². The first-order valence-corrected chi connectivity index (χ1v) is 10.5. The second-order valence-corrected chi connectivity index (χ2v) is 8.09. The number of carbonyl (C=O) groups excluding carboxylic acids is 1. The molecule has 8 nitrogen and oxygen atoms in total. The summed E-state index contributed by atoms with van der Waals surface area (Å²) in [5.74, 6) is 0.902. The maximum Gasteiger partial charge on any atom is 0.222 e. The van der Waals surface area contributed by atoms with Gasteiger partial charge in [0.25, 0.3) is 0 Å². The Hall–Kier alpha value is -1.35. The predicted molar refractivity (Wildman–Crippen MR) is 94.9 cm³/mol. The molecule has 1 amide bonds. The molecule has 1 atom stereocenters. The smallest absolute Gasteiger partial charge is 0.222 e. The second-order valence-electron chi connectivity index (χ2n) is 5.83. The minimum absolute atomic E-state index is 0.0262. The van der Waals surface area contributed by atoms with Gasteiger partial charge in [0.1, 0.15) is 9.84 Å². The lowest BCUT2D eigenvalue weighted by molar-refractivity contribution is -0.129. The van der Waals surface area contributed by atoms with Crippen LogP contribution in [0.25, 0.3) is 0 Å². The van der Waals surface area contributed by atoms with Crippen LogP contribution in [0.15, 0.2) is 4.99 Å². The Morgan fingerprint density at radius 2 is 2.08 bits per heavy atom. The first kappa shape index (κ1) is 20.7.